The van der Waals surface area contributed by atoms with Crippen LogP contribution in [-0.4, -0.2) is 17.2 Å². The molecule has 0 bridgehead atoms. The molecule has 0 amide bonds. The summed E-state index contributed by atoms with van der Waals surface area (Å²) in [6, 6.07) is 13.7. The topological polar surface area (TPSA) is 66.1 Å². The van der Waals surface area contributed by atoms with Crippen LogP contribution >= 0.6 is 27.3 Å². The van der Waals surface area contributed by atoms with Crippen LogP contribution in [0.3, 0.4) is 0 Å². The van der Waals surface area contributed by atoms with Gasteiger partial charge in [0, 0.05) is 10.9 Å². The maximum atomic E-state index is 9.91. The fourth-order valence-electron chi connectivity index (χ4n) is 2.40. The number of nitrogens with zero attached hydrogens (tertiary/aromatic N) is 2. The lowest BCUT2D eigenvalue weighted by atomic mass is 10.1. The molecule has 0 aliphatic rings. The number of halogens is 1. The van der Waals surface area contributed by atoms with Gasteiger partial charge in [0.25, 0.3) is 0 Å². The highest BCUT2D eigenvalue weighted by molar-refractivity contribution is 9.10. The molecule has 0 unspecified atom stereocenters. The zero-order chi connectivity index (χ0) is 18.7. The predicted molar refractivity (Wildman–Crippen MR) is 108 cm³/mol. The van der Waals surface area contributed by atoms with Crippen LogP contribution in [0.1, 0.15) is 16.1 Å². The second kappa shape index (κ2) is 7.73. The number of allylic oxidation sites excluding steroid dienone is 1. The lowest BCUT2D eigenvalue weighted by molar-refractivity contribution is 0.372. The van der Waals surface area contributed by atoms with Crippen molar-refractivity contribution in [1.29, 1.82) is 5.26 Å². The highest BCUT2D eigenvalue weighted by atomic mass is 79.9. The molecule has 0 fully saturated rings. The van der Waals surface area contributed by atoms with Gasteiger partial charge in [-0.3, -0.25) is 0 Å². The number of thiazole rings is 1. The van der Waals surface area contributed by atoms with E-state index in [1.165, 1.54) is 24.0 Å². The molecule has 130 valence electrons. The average molecular weight is 427 g/mol. The zero-order valence-electron chi connectivity index (χ0n) is 14.2. The molecule has 26 heavy (non-hydrogen) atoms. The van der Waals surface area contributed by atoms with Crippen molar-refractivity contribution < 1.29 is 9.84 Å². The van der Waals surface area contributed by atoms with Crippen molar-refractivity contribution in [2.75, 3.05) is 7.11 Å². The third-order valence-corrected chi connectivity index (χ3v) is 5.26. The van der Waals surface area contributed by atoms with Gasteiger partial charge >= 0.3 is 0 Å². The van der Waals surface area contributed by atoms with E-state index in [9.17, 15) is 10.4 Å². The van der Waals surface area contributed by atoms with Crippen LogP contribution in [0.2, 0.25) is 0 Å². The molecule has 0 spiro atoms. The van der Waals surface area contributed by atoms with Gasteiger partial charge < -0.3 is 9.84 Å². The Morgan fingerprint density at radius 3 is 2.69 bits per heavy atom. The van der Waals surface area contributed by atoms with Gasteiger partial charge in [-0.2, -0.15) is 5.26 Å². The minimum atomic E-state index is 0.0269. The number of hydrogen-bond donors (Lipinski definition) is 1. The molecule has 0 saturated heterocycles. The monoisotopic (exact) mass is 426 g/mol. The van der Waals surface area contributed by atoms with Crippen molar-refractivity contribution in [2.45, 2.75) is 6.92 Å². The first-order valence-electron chi connectivity index (χ1n) is 7.73. The number of phenols is 1. The van der Waals surface area contributed by atoms with E-state index in [0.717, 1.165) is 16.8 Å². The zero-order valence-corrected chi connectivity index (χ0v) is 16.6. The van der Waals surface area contributed by atoms with E-state index in [1.54, 1.807) is 18.2 Å². The summed E-state index contributed by atoms with van der Waals surface area (Å²) in [7, 11) is 1.48. The molecule has 6 heteroatoms. The lowest BCUT2D eigenvalue weighted by Crippen LogP contribution is -1.87. The van der Waals surface area contributed by atoms with Gasteiger partial charge in [-0.1, -0.05) is 29.8 Å². The highest BCUT2D eigenvalue weighted by Crippen LogP contribution is 2.36. The Balaban J connectivity index is 1.97. The minimum absolute atomic E-state index is 0.0269. The maximum absolute atomic E-state index is 9.91. The Morgan fingerprint density at radius 2 is 2.04 bits per heavy atom. The van der Waals surface area contributed by atoms with E-state index in [-0.39, 0.29) is 5.75 Å². The normalized spacial score (nSPS) is 11.2. The number of rotatable bonds is 4. The van der Waals surface area contributed by atoms with Gasteiger partial charge in [-0.25, -0.2) is 4.98 Å². The van der Waals surface area contributed by atoms with Crippen molar-refractivity contribution in [3.05, 3.63) is 62.4 Å². The largest absolute Gasteiger partial charge is 0.503 e. The van der Waals surface area contributed by atoms with Crippen LogP contribution in [0.4, 0.5) is 0 Å². The molecule has 0 saturated carbocycles. The Morgan fingerprint density at radius 1 is 1.31 bits per heavy atom. The maximum Gasteiger partial charge on any atom is 0.172 e. The van der Waals surface area contributed by atoms with Gasteiger partial charge in [0.05, 0.1) is 22.8 Å². The molecule has 0 atom stereocenters. The van der Waals surface area contributed by atoms with E-state index in [0.29, 0.717) is 20.8 Å². The highest BCUT2D eigenvalue weighted by Gasteiger charge is 2.12. The van der Waals surface area contributed by atoms with Crippen molar-refractivity contribution in [3.63, 3.8) is 0 Å². The van der Waals surface area contributed by atoms with Crippen LogP contribution in [0.5, 0.6) is 11.5 Å². The second-order valence-electron chi connectivity index (χ2n) is 5.63. The van der Waals surface area contributed by atoms with Crippen LogP contribution in [0.15, 0.2) is 46.3 Å². The molecular formula is C20H15BrN2O2S. The van der Waals surface area contributed by atoms with Gasteiger partial charge in [-0.15, -0.1) is 11.3 Å². The SMILES string of the molecule is COc1cc(/C=C(/C#N)c2nc(-c3ccc(C)cc3)cs2)cc(Br)c1O. The number of aromatic nitrogens is 1. The van der Waals surface area contributed by atoms with E-state index in [1.807, 2.05) is 36.6 Å². The summed E-state index contributed by atoms with van der Waals surface area (Å²) in [6.07, 6.45) is 1.73. The average Bonchev–Trinajstić information content (AvgIpc) is 3.13. The molecule has 1 N–H and O–H groups in total. The van der Waals surface area contributed by atoms with Crippen LogP contribution in [0, 0.1) is 18.3 Å². The number of phenolic OH excluding ortho intramolecular Hbond substituents is 1. The van der Waals surface area contributed by atoms with Crippen LogP contribution in [0.25, 0.3) is 22.9 Å². The Labute approximate surface area is 164 Å². The van der Waals surface area contributed by atoms with Crippen molar-refractivity contribution in [1.82, 2.24) is 4.98 Å². The van der Waals surface area contributed by atoms with Gasteiger partial charge in [-0.05, 0) is 46.6 Å². The van der Waals surface area contributed by atoms with Crippen molar-refractivity contribution >= 4 is 38.9 Å². The number of ether oxygens (including phenoxy) is 1. The number of aromatic hydroxyl groups is 1. The molecule has 2 aromatic carbocycles. The molecule has 0 radical (unpaired) electrons. The lowest BCUT2D eigenvalue weighted by Gasteiger charge is -2.06. The smallest absolute Gasteiger partial charge is 0.172 e. The van der Waals surface area contributed by atoms with Crippen molar-refractivity contribution in [2.24, 2.45) is 0 Å². The predicted octanol–water partition coefficient (Wildman–Crippen LogP) is 5.66. The molecular weight excluding hydrogens is 412 g/mol. The number of nitriles is 1. The quantitative estimate of drug-likeness (QED) is 0.546. The van der Waals surface area contributed by atoms with Crippen LogP contribution < -0.4 is 4.74 Å². The second-order valence-corrected chi connectivity index (χ2v) is 7.34. The fraction of sp³-hybridized carbons (Fsp3) is 0.100. The molecule has 0 aliphatic heterocycles. The van der Waals surface area contributed by atoms with Gasteiger partial charge in [0.1, 0.15) is 11.1 Å². The van der Waals surface area contributed by atoms with E-state index in [4.69, 9.17) is 4.74 Å². The number of benzene rings is 2. The molecule has 3 rings (SSSR count). The minimum Gasteiger partial charge on any atom is -0.503 e. The Kier molecular flexibility index (Phi) is 5.40. The number of aryl methyl sites for hydroxylation is 1. The standard InChI is InChI=1S/C20H15BrN2O2S/c1-12-3-5-14(6-4-12)17-11-26-20(23-17)15(10-22)7-13-8-16(21)19(24)18(9-13)25-2/h3-9,11,24H,1-2H3/b15-7-. The summed E-state index contributed by atoms with van der Waals surface area (Å²) >= 11 is 4.71. The van der Waals surface area contributed by atoms with Crippen molar-refractivity contribution in [3.8, 4) is 28.8 Å². The summed E-state index contributed by atoms with van der Waals surface area (Å²) < 4.78 is 5.65. The number of hydrogen-bond acceptors (Lipinski definition) is 5. The number of methoxy groups -OCH3 is 1. The summed E-state index contributed by atoms with van der Waals surface area (Å²) in [6.45, 7) is 2.04. The molecule has 4 nitrogen and oxygen atoms in total. The summed E-state index contributed by atoms with van der Waals surface area (Å²) in [5, 5.41) is 22.1. The molecule has 1 heterocycles. The Hall–Kier alpha value is -2.62. The fourth-order valence-corrected chi connectivity index (χ4v) is 3.65. The summed E-state index contributed by atoms with van der Waals surface area (Å²) in [4.78, 5) is 4.60. The van der Waals surface area contributed by atoms with E-state index in [2.05, 4.69) is 27.0 Å². The van der Waals surface area contributed by atoms with E-state index >= 15 is 0 Å². The van der Waals surface area contributed by atoms with Gasteiger partial charge in [0.15, 0.2) is 11.5 Å². The van der Waals surface area contributed by atoms with Crippen LogP contribution in [-0.2, 0) is 0 Å². The van der Waals surface area contributed by atoms with E-state index < -0.39 is 0 Å². The Bertz CT molecular complexity index is 1020. The summed E-state index contributed by atoms with van der Waals surface area (Å²) in [5.74, 6) is 0.362. The van der Waals surface area contributed by atoms with Gasteiger partial charge in [0.2, 0.25) is 0 Å². The third kappa shape index (κ3) is 3.79. The molecule has 0 aliphatic carbocycles. The molecule has 3 aromatic rings. The third-order valence-electron chi connectivity index (χ3n) is 3.78. The molecule has 1 aromatic heterocycles. The first-order valence-corrected chi connectivity index (χ1v) is 9.40. The first-order chi connectivity index (χ1) is 12.5. The first kappa shape index (κ1) is 18.2. The summed E-state index contributed by atoms with van der Waals surface area (Å²) in [5.41, 5.74) is 4.23.